The van der Waals surface area contributed by atoms with Crippen molar-refractivity contribution in [2.24, 2.45) is 0 Å². The maximum Gasteiger partial charge on any atom is 0.335 e. The van der Waals surface area contributed by atoms with Crippen molar-refractivity contribution in [2.75, 3.05) is 0 Å². The highest BCUT2D eigenvalue weighted by Gasteiger charge is 2.07. The van der Waals surface area contributed by atoms with Gasteiger partial charge in [-0.15, -0.1) is 0 Å². The Labute approximate surface area is 130 Å². The Morgan fingerprint density at radius 3 is 1.77 bits per heavy atom. The van der Waals surface area contributed by atoms with Gasteiger partial charge in [-0.2, -0.15) is 0 Å². The number of Topliss-reactive ketones (excluding diaryl/α,β-unsaturated/α-hetero) is 1. The largest absolute Gasteiger partial charge is 0.478 e. The molecule has 0 radical (unpaired) electrons. The van der Waals surface area contributed by atoms with Crippen molar-refractivity contribution < 1.29 is 14.7 Å². The molecule has 22 heavy (non-hydrogen) atoms. The Bertz CT molecular complexity index is 639. The summed E-state index contributed by atoms with van der Waals surface area (Å²) in [6, 6.07) is 14.2. The summed E-state index contributed by atoms with van der Waals surface area (Å²) in [4.78, 5) is 22.9. The molecule has 0 aliphatic carbocycles. The van der Waals surface area contributed by atoms with E-state index in [0.29, 0.717) is 6.42 Å². The van der Waals surface area contributed by atoms with Gasteiger partial charge in [-0.25, -0.2) is 4.79 Å². The van der Waals surface area contributed by atoms with Gasteiger partial charge in [0, 0.05) is 12.0 Å². The van der Waals surface area contributed by atoms with Gasteiger partial charge in [0.2, 0.25) is 0 Å². The second-order valence-corrected chi connectivity index (χ2v) is 5.34. The van der Waals surface area contributed by atoms with Crippen LogP contribution < -0.4 is 0 Å². The molecule has 0 amide bonds. The van der Waals surface area contributed by atoms with Crippen LogP contribution in [-0.4, -0.2) is 16.9 Å². The zero-order chi connectivity index (χ0) is 15.9. The molecule has 0 aliphatic rings. The SMILES string of the molecule is CCCCCC(=O)c1ccc(-c2ccc(C(=O)O)cc2)cc1. The number of hydrogen-bond donors (Lipinski definition) is 1. The second kappa shape index (κ2) is 7.55. The highest BCUT2D eigenvalue weighted by atomic mass is 16.4. The van der Waals surface area contributed by atoms with E-state index in [2.05, 4.69) is 6.92 Å². The fourth-order valence-corrected chi connectivity index (χ4v) is 2.33. The lowest BCUT2D eigenvalue weighted by Gasteiger charge is -2.05. The van der Waals surface area contributed by atoms with E-state index in [4.69, 9.17) is 5.11 Å². The molecular formula is C19H20O3. The minimum absolute atomic E-state index is 0.182. The van der Waals surface area contributed by atoms with Gasteiger partial charge >= 0.3 is 5.97 Å². The summed E-state index contributed by atoms with van der Waals surface area (Å²) in [5.41, 5.74) is 2.92. The molecule has 0 saturated heterocycles. The standard InChI is InChI=1S/C19H20O3/c1-2-3-4-5-18(20)16-10-6-14(7-11-16)15-8-12-17(13-9-15)19(21)22/h6-13H,2-5H2,1H3,(H,21,22). The van der Waals surface area contributed by atoms with Crippen LogP contribution in [0.2, 0.25) is 0 Å². The van der Waals surface area contributed by atoms with Gasteiger partial charge in [-0.05, 0) is 29.7 Å². The van der Waals surface area contributed by atoms with Gasteiger partial charge < -0.3 is 5.11 Å². The van der Waals surface area contributed by atoms with E-state index < -0.39 is 5.97 Å². The molecule has 0 unspecified atom stereocenters. The number of carboxylic acids is 1. The summed E-state index contributed by atoms with van der Waals surface area (Å²) < 4.78 is 0. The molecule has 0 atom stereocenters. The minimum atomic E-state index is -0.931. The van der Waals surface area contributed by atoms with Crippen LogP contribution in [0.1, 0.15) is 53.3 Å². The third-order valence-electron chi connectivity index (χ3n) is 3.68. The van der Waals surface area contributed by atoms with Crippen molar-refractivity contribution in [1.29, 1.82) is 0 Å². The van der Waals surface area contributed by atoms with Gasteiger partial charge in [0.25, 0.3) is 0 Å². The van der Waals surface area contributed by atoms with E-state index in [1.165, 1.54) is 0 Å². The number of carbonyl (C=O) groups excluding carboxylic acids is 1. The summed E-state index contributed by atoms with van der Waals surface area (Å²) in [7, 11) is 0. The molecule has 2 aromatic rings. The van der Waals surface area contributed by atoms with E-state index in [0.717, 1.165) is 36.0 Å². The molecule has 0 saturated carbocycles. The van der Waals surface area contributed by atoms with Crippen LogP contribution in [0.3, 0.4) is 0 Å². The van der Waals surface area contributed by atoms with Crippen molar-refractivity contribution in [2.45, 2.75) is 32.6 Å². The van der Waals surface area contributed by atoms with Gasteiger partial charge in [-0.3, -0.25) is 4.79 Å². The highest BCUT2D eigenvalue weighted by molar-refractivity contribution is 5.96. The van der Waals surface area contributed by atoms with Crippen molar-refractivity contribution in [3.63, 3.8) is 0 Å². The predicted octanol–water partition coefficient (Wildman–Crippen LogP) is 4.81. The monoisotopic (exact) mass is 296 g/mol. The molecule has 3 heteroatoms. The fourth-order valence-electron chi connectivity index (χ4n) is 2.33. The quantitative estimate of drug-likeness (QED) is 0.589. The lowest BCUT2D eigenvalue weighted by Crippen LogP contribution is -1.98. The van der Waals surface area contributed by atoms with E-state index in [1.807, 2.05) is 24.3 Å². The Hall–Kier alpha value is -2.42. The number of benzene rings is 2. The minimum Gasteiger partial charge on any atom is -0.478 e. The lowest BCUT2D eigenvalue weighted by molar-refractivity contribution is 0.0696. The molecular weight excluding hydrogens is 276 g/mol. The third kappa shape index (κ3) is 4.04. The van der Waals surface area contributed by atoms with Gasteiger partial charge in [0.1, 0.15) is 0 Å². The Kier molecular flexibility index (Phi) is 5.48. The molecule has 0 aromatic heterocycles. The summed E-state index contributed by atoms with van der Waals surface area (Å²) in [6.45, 7) is 2.12. The van der Waals surface area contributed by atoms with Crippen LogP contribution in [0.5, 0.6) is 0 Å². The van der Waals surface area contributed by atoms with Crippen LogP contribution in [0.15, 0.2) is 48.5 Å². The first-order valence-corrected chi connectivity index (χ1v) is 7.59. The van der Waals surface area contributed by atoms with E-state index in [9.17, 15) is 9.59 Å². The summed E-state index contributed by atoms with van der Waals surface area (Å²) in [5.74, 6) is -0.749. The Balaban J connectivity index is 2.08. The van der Waals surface area contributed by atoms with Crippen LogP contribution in [0, 0.1) is 0 Å². The van der Waals surface area contributed by atoms with Crippen molar-refractivity contribution >= 4 is 11.8 Å². The van der Waals surface area contributed by atoms with Gasteiger partial charge in [-0.1, -0.05) is 56.2 Å². The smallest absolute Gasteiger partial charge is 0.335 e. The lowest BCUT2D eigenvalue weighted by atomic mass is 9.99. The van der Waals surface area contributed by atoms with E-state index >= 15 is 0 Å². The number of rotatable bonds is 7. The zero-order valence-electron chi connectivity index (χ0n) is 12.7. The molecule has 114 valence electrons. The molecule has 0 spiro atoms. The summed E-state index contributed by atoms with van der Waals surface area (Å²) in [5, 5.41) is 8.89. The predicted molar refractivity (Wildman–Crippen MR) is 87.3 cm³/mol. The van der Waals surface area contributed by atoms with E-state index in [1.54, 1.807) is 24.3 Å². The molecule has 0 heterocycles. The number of aromatic carboxylic acids is 1. The maximum atomic E-state index is 12.0. The van der Waals surface area contributed by atoms with Crippen LogP contribution >= 0.6 is 0 Å². The first-order chi connectivity index (χ1) is 10.6. The van der Waals surface area contributed by atoms with Gasteiger partial charge in [0.05, 0.1) is 5.56 Å². The second-order valence-electron chi connectivity index (χ2n) is 5.34. The van der Waals surface area contributed by atoms with Crippen LogP contribution in [0.25, 0.3) is 11.1 Å². The van der Waals surface area contributed by atoms with Crippen molar-refractivity contribution in [3.05, 3.63) is 59.7 Å². The van der Waals surface area contributed by atoms with Crippen LogP contribution in [-0.2, 0) is 0 Å². The zero-order valence-corrected chi connectivity index (χ0v) is 12.7. The number of ketones is 1. The number of hydrogen-bond acceptors (Lipinski definition) is 2. The first kappa shape index (κ1) is 16.0. The van der Waals surface area contributed by atoms with Gasteiger partial charge in [0.15, 0.2) is 5.78 Å². The van der Waals surface area contributed by atoms with Crippen LogP contribution in [0.4, 0.5) is 0 Å². The fraction of sp³-hybridized carbons (Fsp3) is 0.263. The third-order valence-corrected chi connectivity index (χ3v) is 3.68. The average Bonchev–Trinajstić information content (AvgIpc) is 2.55. The Morgan fingerprint density at radius 2 is 1.32 bits per heavy atom. The maximum absolute atomic E-state index is 12.0. The normalized spacial score (nSPS) is 10.4. The number of carboxylic acid groups (broad SMARTS) is 1. The Morgan fingerprint density at radius 1 is 0.818 bits per heavy atom. The number of carbonyl (C=O) groups is 2. The highest BCUT2D eigenvalue weighted by Crippen LogP contribution is 2.21. The molecule has 1 N–H and O–H groups in total. The average molecular weight is 296 g/mol. The summed E-state index contributed by atoms with van der Waals surface area (Å²) in [6.07, 6.45) is 3.73. The molecule has 0 bridgehead atoms. The first-order valence-electron chi connectivity index (χ1n) is 7.59. The molecule has 2 rings (SSSR count). The molecule has 0 aliphatic heterocycles. The van der Waals surface area contributed by atoms with Crippen molar-refractivity contribution in [1.82, 2.24) is 0 Å². The summed E-state index contributed by atoms with van der Waals surface area (Å²) >= 11 is 0. The topological polar surface area (TPSA) is 54.4 Å². The molecule has 0 fully saturated rings. The molecule has 2 aromatic carbocycles. The van der Waals surface area contributed by atoms with E-state index in [-0.39, 0.29) is 11.3 Å². The molecule has 3 nitrogen and oxygen atoms in total. The van der Waals surface area contributed by atoms with Crippen molar-refractivity contribution in [3.8, 4) is 11.1 Å². The number of unbranched alkanes of at least 4 members (excludes halogenated alkanes) is 2.